The van der Waals surface area contributed by atoms with Crippen LogP contribution >= 0.6 is 0 Å². The van der Waals surface area contributed by atoms with Crippen LogP contribution in [0, 0.1) is 5.82 Å². The lowest BCUT2D eigenvalue weighted by molar-refractivity contribution is -0.116. The predicted molar refractivity (Wildman–Crippen MR) is 57.3 cm³/mol. The van der Waals surface area contributed by atoms with Gasteiger partial charge in [-0.25, -0.2) is 9.37 Å². The average Bonchev–Trinajstić information content (AvgIpc) is 2.74. The lowest BCUT2D eigenvalue weighted by atomic mass is 10.3. The summed E-state index contributed by atoms with van der Waals surface area (Å²) in [5, 5.41) is 2.65. The van der Waals surface area contributed by atoms with E-state index in [0.29, 0.717) is 5.69 Å². The molecule has 0 bridgehead atoms. The van der Waals surface area contributed by atoms with Crippen LogP contribution in [0.3, 0.4) is 0 Å². The minimum absolute atomic E-state index is 0.176. The second kappa shape index (κ2) is 4.57. The fraction of sp³-hybridized carbons (Fsp3) is 0.0909. The first kappa shape index (κ1) is 10.4. The number of benzene rings is 1. The van der Waals surface area contributed by atoms with Crippen LogP contribution in [0.25, 0.3) is 0 Å². The highest BCUT2D eigenvalue weighted by molar-refractivity contribution is 5.90. The highest BCUT2D eigenvalue weighted by atomic mass is 19.1. The average molecular weight is 219 g/mol. The van der Waals surface area contributed by atoms with Gasteiger partial charge in [0.05, 0.1) is 6.33 Å². The number of halogens is 1. The van der Waals surface area contributed by atoms with E-state index in [0.717, 1.165) is 0 Å². The molecule has 1 aromatic heterocycles. The SMILES string of the molecule is O=C(Cn1ccnc1)Nc1ccc(F)cc1. The summed E-state index contributed by atoms with van der Waals surface area (Å²) in [7, 11) is 0. The molecule has 1 heterocycles. The van der Waals surface area contributed by atoms with E-state index in [-0.39, 0.29) is 18.3 Å². The number of carbonyl (C=O) groups is 1. The summed E-state index contributed by atoms with van der Waals surface area (Å²) in [5.41, 5.74) is 0.575. The van der Waals surface area contributed by atoms with Gasteiger partial charge < -0.3 is 9.88 Å². The van der Waals surface area contributed by atoms with Gasteiger partial charge in [-0.1, -0.05) is 0 Å². The Kier molecular flexibility index (Phi) is 2.95. The molecule has 2 rings (SSSR count). The predicted octanol–water partition coefficient (Wildman–Crippen LogP) is 1.66. The lowest BCUT2D eigenvalue weighted by Crippen LogP contribution is -2.17. The summed E-state index contributed by atoms with van der Waals surface area (Å²) in [6, 6.07) is 5.63. The topological polar surface area (TPSA) is 46.9 Å². The molecule has 0 atom stereocenters. The molecule has 0 aliphatic carbocycles. The van der Waals surface area contributed by atoms with Crippen LogP contribution in [0.2, 0.25) is 0 Å². The van der Waals surface area contributed by atoms with Crippen molar-refractivity contribution in [2.24, 2.45) is 0 Å². The third-order valence-electron chi connectivity index (χ3n) is 2.01. The number of hydrogen-bond donors (Lipinski definition) is 1. The Labute approximate surface area is 91.7 Å². The minimum atomic E-state index is -0.326. The van der Waals surface area contributed by atoms with Crippen molar-refractivity contribution >= 4 is 11.6 Å². The molecule has 82 valence electrons. The molecule has 0 spiro atoms. The number of hydrogen-bond acceptors (Lipinski definition) is 2. The molecule has 0 unspecified atom stereocenters. The maximum absolute atomic E-state index is 12.6. The number of anilines is 1. The Bertz CT molecular complexity index is 464. The highest BCUT2D eigenvalue weighted by Crippen LogP contribution is 2.08. The quantitative estimate of drug-likeness (QED) is 0.853. The summed E-state index contributed by atoms with van der Waals surface area (Å²) in [6.07, 6.45) is 4.86. The number of rotatable bonds is 3. The zero-order valence-electron chi connectivity index (χ0n) is 8.43. The first-order valence-electron chi connectivity index (χ1n) is 4.75. The summed E-state index contributed by atoms with van der Waals surface area (Å²) in [4.78, 5) is 15.3. The molecule has 1 amide bonds. The van der Waals surface area contributed by atoms with Crippen molar-refractivity contribution in [2.45, 2.75) is 6.54 Å². The van der Waals surface area contributed by atoms with Crippen molar-refractivity contribution in [1.29, 1.82) is 0 Å². The van der Waals surface area contributed by atoms with Crippen LogP contribution in [-0.4, -0.2) is 15.5 Å². The second-order valence-corrected chi connectivity index (χ2v) is 3.29. The van der Waals surface area contributed by atoms with Gasteiger partial charge in [-0.3, -0.25) is 4.79 Å². The molecule has 1 N–H and O–H groups in total. The summed E-state index contributed by atoms with van der Waals surface area (Å²) < 4.78 is 14.3. The number of carbonyl (C=O) groups excluding carboxylic acids is 1. The molecule has 4 nitrogen and oxygen atoms in total. The van der Waals surface area contributed by atoms with Crippen molar-refractivity contribution in [3.05, 3.63) is 48.8 Å². The number of amides is 1. The molecule has 0 saturated heterocycles. The van der Waals surface area contributed by atoms with E-state index < -0.39 is 0 Å². The molecule has 2 aromatic rings. The third kappa shape index (κ3) is 2.66. The maximum Gasteiger partial charge on any atom is 0.244 e. The molecule has 16 heavy (non-hydrogen) atoms. The van der Waals surface area contributed by atoms with E-state index in [1.54, 1.807) is 23.3 Å². The Hall–Kier alpha value is -2.17. The number of aromatic nitrogens is 2. The van der Waals surface area contributed by atoms with Crippen molar-refractivity contribution < 1.29 is 9.18 Å². The van der Waals surface area contributed by atoms with E-state index in [9.17, 15) is 9.18 Å². The first-order valence-corrected chi connectivity index (χ1v) is 4.75. The summed E-state index contributed by atoms with van der Waals surface area (Å²) in [5.74, 6) is -0.503. The zero-order chi connectivity index (χ0) is 11.4. The smallest absolute Gasteiger partial charge is 0.244 e. The Morgan fingerprint density at radius 3 is 2.75 bits per heavy atom. The van der Waals surface area contributed by atoms with Gasteiger partial charge in [-0.2, -0.15) is 0 Å². The molecule has 0 aliphatic heterocycles. The Balaban J connectivity index is 1.95. The summed E-state index contributed by atoms with van der Waals surface area (Å²) >= 11 is 0. The number of nitrogens with one attached hydrogen (secondary N) is 1. The monoisotopic (exact) mass is 219 g/mol. The normalized spacial score (nSPS) is 10.1. The van der Waals surface area contributed by atoms with Crippen LogP contribution in [0.4, 0.5) is 10.1 Å². The molecule has 5 heteroatoms. The molecule has 0 saturated carbocycles. The molecular weight excluding hydrogens is 209 g/mol. The van der Waals surface area contributed by atoms with Gasteiger partial charge >= 0.3 is 0 Å². The van der Waals surface area contributed by atoms with E-state index >= 15 is 0 Å². The van der Waals surface area contributed by atoms with E-state index in [1.165, 1.54) is 24.3 Å². The third-order valence-corrected chi connectivity index (χ3v) is 2.01. The highest BCUT2D eigenvalue weighted by Gasteiger charge is 2.02. The molecular formula is C11H10FN3O. The fourth-order valence-corrected chi connectivity index (χ4v) is 1.28. The van der Waals surface area contributed by atoms with Crippen LogP contribution in [0.15, 0.2) is 43.0 Å². The van der Waals surface area contributed by atoms with Crippen LogP contribution in [-0.2, 0) is 11.3 Å². The lowest BCUT2D eigenvalue weighted by Gasteiger charge is -2.05. The molecule has 0 fully saturated rings. The molecule has 0 radical (unpaired) electrons. The largest absolute Gasteiger partial charge is 0.328 e. The Morgan fingerprint density at radius 1 is 1.38 bits per heavy atom. The van der Waals surface area contributed by atoms with Gasteiger partial charge in [0.1, 0.15) is 12.4 Å². The molecule has 0 aliphatic rings. The van der Waals surface area contributed by atoms with Crippen LogP contribution in [0.5, 0.6) is 0 Å². The van der Waals surface area contributed by atoms with Gasteiger partial charge in [0.25, 0.3) is 0 Å². The molecule has 1 aromatic carbocycles. The van der Waals surface area contributed by atoms with Gasteiger partial charge in [0.2, 0.25) is 5.91 Å². The number of nitrogens with zero attached hydrogens (tertiary/aromatic N) is 2. The maximum atomic E-state index is 12.6. The van der Waals surface area contributed by atoms with Gasteiger partial charge in [0, 0.05) is 18.1 Å². The Morgan fingerprint density at radius 2 is 2.12 bits per heavy atom. The number of imidazole rings is 1. The van der Waals surface area contributed by atoms with Crippen molar-refractivity contribution in [3.63, 3.8) is 0 Å². The van der Waals surface area contributed by atoms with Crippen molar-refractivity contribution in [1.82, 2.24) is 9.55 Å². The standard InChI is InChI=1S/C11H10FN3O/c12-9-1-3-10(4-2-9)14-11(16)7-15-6-5-13-8-15/h1-6,8H,7H2,(H,14,16). The minimum Gasteiger partial charge on any atom is -0.328 e. The van der Waals surface area contributed by atoms with Gasteiger partial charge in [-0.05, 0) is 24.3 Å². The van der Waals surface area contributed by atoms with Gasteiger partial charge in [-0.15, -0.1) is 0 Å². The van der Waals surface area contributed by atoms with Crippen LogP contribution in [0.1, 0.15) is 0 Å². The first-order chi connectivity index (χ1) is 7.74. The van der Waals surface area contributed by atoms with Crippen LogP contribution < -0.4 is 5.32 Å². The summed E-state index contributed by atoms with van der Waals surface area (Å²) in [6.45, 7) is 0.192. The van der Waals surface area contributed by atoms with Crippen molar-refractivity contribution in [3.8, 4) is 0 Å². The van der Waals surface area contributed by atoms with E-state index in [2.05, 4.69) is 10.3 Å². The fourth-order valence-electron chi connectivity index (χ4n) is 1.28. The van der Waals surface area contributed by atoms with Gasteiger partial charge in [0.15, 0.2) is 0 Å². The second-order valence-electron chi connectivity index (χ2n) is 3.29. The zero-order valence-corrected chi connectivity index (χ0v) is 8.43. The van der Waals surface area contributed by atoms with Crippen molar-refractivity contribution in [2.75, 3.05) is 5.32 Å². The van der Waals surface area contributed by atoms with E-state index in [1.807, 2.05) is 0 Å². The van der Waals surface area contributed by atoms with E-state index in [4.69, 9.17) is 0 Å².